The van der Waals surface area contributed by atoms with Crippen LogP contribution in [0.1, 0.15) is 25.7 Å². The topological polar surface area (TPSA) is 61.5 Å². The predicted molar refractivity (Wildman–Crippen MR) is 43.1 cm³/mol. The van der Waals surface area contributed by atoms with E-state index in [-0.39, 0.29) is 12.6 Å². The van der Waals surface area contributed by atoms with Crippen molar-refractivity contribution in [3.05, 3.63) is 0 Å². The number of hydrogen-bond acceptors (Lipinski definition) is 4. The number of nitrogens with two attached hydrogens (primary N) is 1. The van der Waals surface area contributed by atoms with Gasteiger partial charge in [-0.2, -0.15) is 0 Å². The van der Waals surface area contributed by atoms with Crippen LogP contribution in [-0.2, 0) is 14.4 Å². The lowest BCUT2D eigenvalue weighted by molar-refractivity contribution is -0.150. The molecule has 0 aromatic heterocycles. The molecule has 4 nitrogen and oxygen atoms in total. The molecular weight excluding hydrogens is 158 g/mol. The molecule has 12 heavy (non-hydrogen) atoms. The van der Waals surface area contributed by atoms with E-state index in [0.717, 1.165) is 0 Å². The minimum absolute atomic E-state index is 0.146. The first-order chi connectivity index (χ1) is 5.83. The van der Waals surface area contributed by atoms with E-state index in [1.165, 1.54) is 25.7 Å². The number of rotatable bonds is 4. The van der Waals surface area contributed by atoms with Gasteiger partial charge in [0.15, 0.2) is 6.61 Å². The Morgan fingerprint density at radius 3 is 2.67 bits per heavy atom. The van der Waals surface area contributed by atoms with E-state index in [9.17, 15) is 4.79 Å². The lowest BCUT2D eigenvalue weighted by atomic mass is 10.1. The molecule has 0 unspecified atom stereocenters. The molecule has 0 spiro atoms. The van der Waals surface area contributed by atoms with Crippen molar-refractivity contribution >= 4 is 5.97 Å². The summed E-state index contributed by atoms with van der Waals surface area (Å²) < 4.78 is 4.92. The van der Waals surface area contributed by atoms with Gasteiger partial charge in [0.2, 0.25) is 0 Å². The lowest BCUT2D eigenvalue weighted by Gasteiger charge is -2.08. The van der Waals surface area contributed by atoms with Crippen LogP contribution < -0.4 is 5.90 Å². The van der Waals surface area contributed by atoms with E-state index >= 15 is 0 Å². The maximum Gasteiger partial charge on any atom is 0.334 e. The molecule has 0 atom stereocenters. The van der Waals surface area contributed by atoms with Gasteiger partial charge in [-0.1, -0.05) is 12.8 Å². The monoisotopic (exact) mass is 173 g/mol. The van der Waals surface area contributed by atoms with Gasteiger partial charge in [-0.05, 0) is 18.8 Å². The van der Waals surface area contributed by atoms with Gasteiger partial charge in [0, 0.05) is 0 Å². The van der Waals surface area contributed by atoms with Crippen molar-refractivity contribution in [1.29, 1.82) is 0 Å². The van der Waals surface area contributed by atoms with Gasteiger partial charge in [0.1, 0.15) is 0 Å². The van der Waals surface area contributed by atoms with E-state index in [4.69, 9.17) is 10.6 Å². The number of carbonyl (C=O) groups is 1. The van der Waals surface area contributed by atoms with Crippen LogP contribution in [0.3, 0.4) is 0 Å². The lowest BCUT2D eigenvalue weighted by Crippen LogP contribution is -2.18. The molecule has 1 saturated carbocycles. The normalized spacial score (nSPS) is 18.1. The Labute approximate surface area is 72.0 Å². The van der Waals surface area contributed by atoms with Crippen molar-refractivity contribution in [2.75, 3.05) is 13.2 Å². The van der Waals surface area contributed by atoms with Crippen molar-refractivity contribution in [3.63, 3.8) is 0 Å². The molecular formula is C8H15NO3. The van der Waals surface area contributed by atoms with Gasteiger partial charge in [0.05, 0.1) is 6.61 Å². The van der Waals surface area contributed by atoms with Crippen LogP contribution in [0.4, 0.5) is 0 Å². The van der Waals surface area contributed by atoms with Gasteiger partial charge < -0.3 is 4.74 Å². The molecule has 0 amide bonds. The fraction of sp³-hybridized carbons (Fsp3) is 0.875. The molecule has 0 aromatic carbocycles. The second-order valence-corrected chi connectivity index (χ2v) is 3.14. The van der Waals surface area contributed by atoms with Crippen LogP contribution in [0.15, 0.2) is 0 Å². The third kappa shape index (κ3) is 3.19. The Balaban J connectivity index is 2.03. The SMILES string of the molecule is NOCC(=O)OCC1CCCC1. The zero-order valence-corrected chi connectivity index (χ0v) is 7.12. The molecule has 2 N–H and O–H groups in total. The first-order valence-electron chi connectivity index (χ1n) is 4.30. The summed E-state index contributed by atoms with van der Waals surface area (Å²) >= 11 is 0. The molecule has 1 fully saturated rings. The summed E-state index contributed by atoms with van der Waals surface area (Å²) in [6.45, 7) is 0.384. The summed E-state index contributed by atoms with van der Waals surface area (Å²) in [5, 5.41) is 0. The van der Waals surface area contributed by atoms with Crippen LogP contribution in [0, 0.1) is 5.92 Å². The van der Waals surface area contributed by atoms with Crippen molar-refractivity contribution in [3.8, 4) is 0 Å². The number of hydrogen-bond donors (Lipinski definition) is 1. The standard InChI is InChI=1S/C8H15NO3/c9-12-6-8(10)11-5-7-3-1-2-4-7/h7H,1-6,9H2. The zero-order valence-electron chi connectivity index (χ0n) is 7.12. The Hall–Kier alpha value is -0.610. The van der Waals surface area contributed by atoms with Crippen molar-refractivity contribution in [2.24, 2.45) is 11.8 Å². The number of esters is 1. The van der Waals surface area contributed by atoms with Gasteiger partial charge in [-0.25, -0.2) is 10.7 Å². The van der Waals surface area contributed by atoms with Gasteiger partial charge in [-0.3, -0.25) is 4.84 Å². The highest BCUT2D eigenvalue weighted by Crippen LogP contribution is 2.24. The third-order valence-electron chi connectivity index (χ3n) is 2.16. The highest BCUT2D eigenvalue weighted by atomic mass is 16.6. The number of ether oxygens (including phenoxy) is 1. The molecule has 0 aromatic rings. The summed E-state index contributed by atoms with van der Waals surface area (Å²) in [7, 11) is 0. The van der Waals surface area contributed by atoms with Gasteiger partial charge in [0.25, 0.3) is 0 Å². The maximum atomic E-state index is 10.8. The first kappa shape index (κ1) is 9.48. The Morgan fingerprint density at radius 1 is 1.42 bits per heavy atom. The maximum absolute atomic E-state index is 10.8. The Bertz CT molecular complexity index is 143. The molecule has 0 bridgehead atoms. The average Bonchev–Trinajstić information content (AvgIpc) is 2.53. The molecule has 0 aliphatic heterocycles. The fourth-order valence-electron chi connectivity index (χ4n) is 1.50. The minimum atomic E-state index is -0.371. The minimum Gasteiger partial charge on any atom is -0.464 e. The van der Waals surface area contributed by atoms with E-state index < -0.39 is 0 Å². The molecule has 0 saturated heterocycles. The Morgan fingerprint density at radius 2 is 2.08 bits per heavy atom. The number of carbonyl (C=O) groups excluding carboxylic acids is 1. The van der Waals surface area contributed by atoms with Crippen LogP contribution in [-0.4, -0.2) is 19.2 Å². The van der Waals surface area contributed by atoms with Crippen LogP contribution in [0.5, 0.6) is 0 Å². The van der Waals surface area contributed by atoms with E-state index in [0.29, 0.717) is 12.5 Å². The molecule has 70 valence electrons. The fourth-order valence-corrected chi connectivity index (χ4v) is 1.50. The molecule has 1 rings (SSSR count). The second-order valence-electron chi connectivity index (χ2n) is 3.14. The summed E-state index contributed by atoms with van der Waals surface area (Å²) in [6.07, 6.45) is 4.87. The summed E-state index contributed by atoms with van der Waals surface area (Å²) in [6, 6.07) is 0. The molecule has 1 aliphatic rings. The summed E-state index contributed by atoms with van der Waals surface area (Å²) in [4.78, 5) is 14.9. The average molecular weight is 173 g/mol. The Kier molecular flexibility index (Phi) is 4.04. The molecule has 1 aliphatic carbocycles. The van der Waals surface area contributed by atoms with E-state index in [2.05, 4.69) is 4.84 Å². The molecule has 0 heterocycles. The summed E-state index contributed by atoms with van der Waals surface area (Å²) in [5.41, 5.74) is 0. The molecule has 0 radical (unpaired) electrons. The first-order valence-corrected chi connectivity index (χ1v) is 4.30. The predicted octanol–water partition coefficient (Wildman–Crippen LogP) is 0.610. The highest BCUT2D eigenvalue weighted by molar-refractivity contribution is 5.70. The van der Waals surface area contributed by atoms with Gasteiger partial charge >= 0.3 is 5.97 Å². The third-order valence-corrected chi connectivity index (χ3v) is 2.16. The highest BCUT2D eigenvalue weighted by Gasteiger charge is 2.16. The van der Waals surface area contributed by atoms with Crippen molar-refractivity contribution in [1.82, 2.24) is 0 Å². The van der Waals surface area contributed by atoms with Crippen LogP contribution in [0.2, 0.25) is 0 Å². The second kappa shape index (κ2) is 5.11. The van der Waals surface area contributed by atoms with Crippen molar-refractivity contribution < 1.29 is 14.4 Å². The quantitative estimate of drug-likeness (QED) is 0.500. The van der Waals surface area contributed by atoms with E-state index in [1.807, 2.05) is 0 Å². The van der Waals surface area contributed by atoms with Crippen LogP contribution in [0.25, 0.3) is 0 Å². The largest absolute Gasteiger partial charge is 0.464 e. The zero-order chi connectivity index (χ0) is 8.81. The smallest absolute Gasteiger partial charge is 0.334 e. The van der Waals surface area contributed by atoms with Crippen molar-refractivity contribution in [2.45, 2.75) is 25.7 Å². The van der Waals surface area contributed by atoms with Crippen LogP contribution >= 0.6 is 0 Å². The molecule has 4 heteroatoms. The van der Waals surface area contributed by atoms with Gasteiger partial charge in [-0.15, -0.1) is 0 Å². The summed E-state index contributed by atoms with van der Waals surface area (Å²) in [5.74, 6) is 4.90. The van der Waals surface area contributed by atoms with E-state index in [1.54, 1.807) is 0 Å².